The van der Waals surface area contributed by atoms with Gasteiger partial charge in [-0.25, -0.2) is 4.79 Å². The van der Waals surface area contributed by atoms with Crippen LogP contribution >= 0.6 is 0 Å². The third kappa shape index (κ3) is 3.65. The number of aromatic nitrogens is 1. The summed E-state index contributed by atoms with van der Waals surface area (Å²) in [6.07, 6.45) is 0.302. The van der Waals surface area contributed by atoms with E-state index in [1.54, 1.807) is 0 Å². The van der Waals surface area contributed by atoms with Gasteiger partial charge in [0.25, 0.3) is 0 Å². The minimum atomic E-state index is -0.471. The molecule has 0 radical (unpaired) electrons. The first-order valence-corrected chi connectivity index (χ1v) is 9.16. The van der Waals surface area contributed by atoms with Crippen LogP contribution in [0.3, 0.4) is 0 Å². The molecule has 0 unspecified atom stereocenters. The third-order valence-corrected chi connectivity index (χ3v) is 4.47. The highest BCUT2D eigenvalue weighted by atomic mass is 16.5. The average Bonchev–Trinajstić information content (AvgIpc) is 2.99. The van der Waals surface area contributed by atoms with E-state index in [-0.39, 0.29) is 0 Å². The van der Waals surface area contributed by atoms with Crippen LogP contribution in [0.2, 0.25) is 0 Å². The Morgan fingerprint density at radius 3 is 2.74 bits per heavy atom. The van der Waals surface area contributed by atoms with Crippen molar-refractivity contribution < 1.29 is 9.53 Å². The number of hydrogen-bond acceptors (Lipinski definition) is 3. The standard InChI is InChI=1S/C22H23N3O2/c1-4-11-27-22(26)24-17-8-6-7-16(13-17)21-19(14-23)18-12-15(3)9-10-20(18)25(21)5-2/h6-10,12-13H,4-5,11H2,1-3H3,(H,24,26). The highest BCUT2D eigenvalue weighted by molar-refractivity contribution is 5.95. The summed E-state index contributed by atoms with van der Waals surface area (Å²) in [6.45, 7) is 7.16. The molecule has 0 atom stereocenters. The SMILES string of the molecule is CCCOC(=O)Nc1cccc(-c2c(C#N)c3cc(C)ccc3n2CC)c1. The first-order chi connectivity index (χ1) is 13.1. The molecule has 5 heteroatoms. The van der Waals surface area contributed by atoms with Gasteiger partial charge in [0.2, 0.25) is 0 Å². The van der Waals surface area contributed by atoms with Gasteiger partial charge in [0.1, 0.15) is 6.07 Å². The second-order valence-electron chi connectivity index (χ2n) is 6.44. The number of rotatable bonds is 5. The van der Waals surface area contributed by atoms with Crippen LogP contribution in [-0.2, 0) is 11.3 Å². The van der Waals surface area contributed by atoms with E-state index in [0.29, 0.717) is 17.9 Å². The number of amides is 1. The maximum Gasteiger partial charge on any atom is 0.411 e. The Balaban J connectivity index is 2.09. The zero-order valence-electron chi connectivity index (χ0n) is 15.9. The number of nitrogens with zero attached hydrogens (tertiary/aromatic N) is 2. The average molecular weight is 361 g/mol. The van der Waals surface area contributed by atoms with Gasteiger partial charge in [-0.15, -0.1) is 0 Å². The van der Waals surface area contributed by atoms with Gasteiger partial charge < -0.3 is 9.30 Å². The lowest BCUT2D eigenvalue weighted by Gasteiger charge is -2.11. The monoisotopic (exact) mass is 361 g/mol. The van der Waals surface area contributed by atoms with E-state index in [4.69, 9.17) is 4.74 Å². The molecule has 5 nitrogen and oxygen atoms in total. The van der Waals surface area contributed by atoms with Gasteiger partial charge in [-0.05, 0) is 44.5 Å². The van der Waals surface area contributed by atoms with Crippen LogP contribution in [0.5, 0.6) is 0 Å². The van der Waals surface area contributed by atoms with E-state index in [9.17, 15) is 10.1 Å². The molecule has 1 heterocycles. The molecule has 2 aromatic carbocycles. The Bertz CT molecular complexity index is 1030. The number of nitriles is 1. The normalized spacial score (nSPS) is 10.6. The van der Waals surface area contributed by atoms with Gasteiger partial charge in [-0.2, -0.15) is 5.26 Å². The molecule has 0 spiro atoms. The molecule has 1 amide bonds. The van der Waals surface area contributed by atoms with Crippen LogP contribution in [0.25, 0.3) is 22.2 Å². The summed E-state index contributed by atoms with van der Waals surface area (Å²) in [7, 11) is 0. The van der Waals surface area contributed by atoms with Gasteiger partial charge in [-0.3, -0.25) is 5.32 Å². The molecule has 3 rings (SSSR count). The van der Waals surface area contributed by atoms with E-state index in [1.165, 1.54) is 0 Å². The van der Waals surface area contributed by atoms with E-state index in [2.05, 4.69) is 35.0 Å². The molecule has 0 saturated heterocycles. The largest absolute Gasteiger partial charge is 0.449 e. The second-order valence-corrected chi connectivity index (χ2v) is 6.44. The Hall–Kier alpha value is -3.26. The van der Waals surface area contributed by atoms with Crippen LogP contribution in [-0.4, -0.2) is 17.3 Å². The van der Waals surface area contributed by atoms with Crippen LogP contribution in [0, 0.1) is 18.3 Å². The predicted molar refractivity (Wildman–Crippen MR) is 108 cm³/mol. The number of benzene rings is 2. The first-order valence-electron chi connectivity index (χ1n) is 9.16. The van der Waals surface area contributed by atoms with Gasteiger partial charge >= 0.3 is 6.09 Å². The highest BCUT2D eigenvalue weighted by Crippen LogP contribution is 2.35. The zero-order chi connectivity index (χ0) is 19.4. The number of anilines is 1. The molecule has 27 heavy (non-hydrogen) atoms. The van der Waals surface area contributed by atoms with Crippen molar-refractivity contribution in [2.45, 2.75) is 33.7 Å². The van der Waals surface area contributed by atoms with Crippen molar-refractivity contribution in [3.05, 3.63) is 53.6 Å². The smallest absolute Gasteiger partial charge is 0.411 e. The second kappa shape index (κ2) is 7.96. The highest BCUT2D eigenvalue weighted by Gasteiger charge is 2.18. The summed E-state index contributed by atoms with van der Waals surface area (Å²) in [5.41, 5.74) is 5.20. The van der Waals surface area contributed by atoms with Crippen LogP contribution in [0.4, 0.5) is 10.5 Å². The third-order valence-electron chi connectivity index (χ3n) is 4.47. The Kier molecular flexibility index (Phi) is 5.46. The van der Waals surface area contributed by atoms with Crippen molar-refractivity contribution in [3.63, 3.8) is 0 Å². The molecule has 0 aliphatic heterocycles. The van der Waals surface area contributed by atoms with Crippen molar-refractivity contribution >= 4 is 22.7 Å². The lowest BCUT2D eigenvalue weighted by atomic mass is 10.0. The Morgan fingerprint density at radius 2 is 2.04 bits per heavy atom. The fourth-order valence-electron chi connectivity index (χ4n) is 3.30. The van der Waals surface area contributed by atoms with E-state index >= 15 is 0 Å². The summed E-state index contributed by atoms with van der Waals surface area (Å²) in [6, 6.07) is 16.1. The number of hydrogen-bond donors (Lipinski definition) is 1. The molecule has 1 N–H and O–H groups in total. The maximum atomic E-state index is 11.9. The minimum Gasteiger partial charge on any atom is -0.449 e. The molecule has 3 aromatic rings. The van der Waals surface area contributed by atoms with E-state index < -0.39 is 6.09 Å². The Labute approximate surface area is 159 Å². The Morgan fingerprint density at radius 1 is 1.22 bits per heavy atom. The fraction of sp³-hybridized carbons (Fsp3) is 0.273. The molecule has 0 aliphatic rings. The molecule has 1 aromatic heterocycles. The molecular formula is C22H23N3O2. The molecule has 0 fully saturated rings. The zero-order valence-corrected chi connectivity index (χ0v) is 15.9. The molecule has 138 valence electrons. The van der Waals surface area contributed by atoms with Gasteiger partial charge in [0, 0.05) is 28.7 Å². The molecule has 0 aliphatic carbocycles. The van der Waals surface area contributed by atoms with Crippen LogP contribution < -0.4 is 5.32 Å². The number of nitrogens with one attached hydrogen (secondary N) is 1. The topological polar surface area (TPSA) is 67.0 Å². The quantitative estimate of drug-likeness (QED) is 0.655. The molecule has 0 bridgehead atoms. The van der Waals surface area contributed by atoms with Crippen molar-refractivity contribution in [2.75, 3.05) is 11.9 Å². The summed E-state index contributed by atoms with van der Waals surface area (Å²) >= 11 is 0. The molecule has 0 saturated carbocycles. The van der Waals surface area contributed by atoms with Gasteiger partial charge in [0.15, 0.2) is 0 Å². The lowest BCUT2D eigenvalue weighted by Crippen LogP contribution is -2.14. The molecular weight excluding hydrogens is 338 g/mol. The van der Waals surface area contributed by atoms with Crippen LogP contribution in [0.1, 0.15) is 31.4 Å². The van der Waals surface area contributed by atoms with Crippen molar-refractivity contribution in [3.8, 4) is 17.3 Å². The van der Waals surface area contributed by atoms with Crippen LogP contribution in [0.15, 0.2) is 42.5 Å². The van der Waals surface area contributed by atoms with Gasteiger partial charge in [-0.1, -0.05) is 30.7 Å². The lowest BCUT2D eigenvalue weighted by molar-refractivity contribution is 0.161. The predicted octanol–water partition coefficient (Wildman–Crippen LogP) is 5.47. The minimum absolute atomic E-state index is 0.382. The number of ether oxygens (including phenoxy) is 1. The van der Waals surface area contributed by atoms with Crippen molar-refractivity contribution in [1.29, 1.82) is 5.26 Å². The summed E-state index contributed by atoms with van der Waals surface area (Å²) in [5, 5.41) is 13.5. The van der Waals surface area contributed by atoms with E-state index in [1.807, 2.05) is 44.2 Å². The first kappa shape index (κ1) is 18.5. The van der Waals surface area contributed by atoms with Gasteiger partial charge in [0.05, 0.1) is 17.9 Å². The number of carbonyl (C=O) groups excluding carboxylic acids is 1. The maximum absolute atomic E-state index is 11.9. The van der Waals surface area contributed by atoms with Crippen molar-refractivity contribution in [2.24, 2.45) is 0 Å². The summed E-state index contributed by atoms with van der Waals surface area (Å²) in [5.74, 6) is 0. The summed E-state index contributed by atoms with van der Waals surface area (Å²) in [4.78, 5) is 11.9. The number of fused-ring (bicyclic) bond motifs is 1. The fourth-order valence-corrected chi connectivity index (χ4v) is 3.30. The number of aryl methyl sites for hydroxylation is 2. The number of carbonyl (C=O) groups is 1. The van der Waals surface area contributed by atoms with E-state index in [0.717, 1.165) is 40.7 Å². The summed E-state index contributed by atoms with van der Waals surface area (Å²) < 4.78 is 7.22. The van der Waals surface area contributed by atoms with Crippen molar-refractivity contribution in [1.82, 2.24) is 4.57 Å².